The lowest BCUT2D eigenvalue weighted by molar-refractivity contribution is 0.286. The maximum absolute atomic E-state index is 6.20. The van der Waals surface area contributed by atoms with Crippen LogP contribution in [0.3, 0.4) is 0 Å². The molecule has 1 aromatic carbocycles. The third-order valence-electron chi connectivity index (χ3n) is 2.76. The number of ether oxygens (including phenoxy) is 1. The second-order valence-electron chi connectivity index (χ2n) is 4.49. The van der Waals surface area contributed by atoms with Gasteiger partial charge in [0, 0.05) is 23.7 Å². The molecule has 2 N–H and O–H groups in total. The van der Waals surface area contributed by atoms with E-state index >= 15 is 0 Å². The number of aromatic nitrogens is 3. The van der Waals surface area contributed by atoms with Gasteiger partial charge in [-0.05, 0) is 25.5 Å². The predicted octanol–water partition coefficient (Wildman–Crippen LogP) is 1.94. The molecule has 2 rings (SSSR count). The van der Waals surface area contributed by atoms with Crippen LogP contribution in [0, 0.1) is 0 Å². The smallest absolute Gasteiger partial charge is 0.164 e. The number of benzene rings is 1. The number of rotatable bonds is 5. The van der Waals surface area contributed by atoms with Gasteiger partial charge < -0.3 is 10.5 Å². The highest BCUT2D eigenvalue weighted by Crippen LogP contribution is 2.28. The molecule has 6 heteroatoms. The summed E-state index contributed by atoms with van der Waals surface area (Å²) in [5.41, 5.74) is 6.77. The summed E-state index contributed by atoms with van der Waals surface area (Å²) in [6, 6.07) is 5.62. The van der Waals surface area contributed by atoms with Crippen molar-refractivity contribution in [3.05, 3.63) is 40.9 Å². The third kappa shape index (κ3) is 3.45. The maximum Gasteiger partial charge on any atom is 0.164 e. The Balaban J connectivity index is 2.15. The molecule has 1 heterocycles. The third-order valence-corrected chi connectivity index (χ3v) is 3.12. The molecule has 0 aliphatic heterocycles. The Labute approximate surface area is 117 Å². The van der Waals surface area contributed by atoms with Crippen molar-refractivity contribution in [1.82, 2.24) is 14.8 Å². The molecule has 0 saturated heterocycles. The Morgan fingerprint density at radius 2 is 2.26 bits per heavy atom. The van der Waals surface area contributed by atoms with Gasteiger partial charge in [-0.25, -0.2) is 4.98 Å². The number of nitrogens with two attached hydrogens (primary N) is 1. The van der Waals surface area contributed by atoms with E-state index in [1.807, 2.05) is 32.2 Å². The molecule has 0 saturated carbocycles. The Bertz CT molecular complexity index is 553. The van der Waals surface area contributed by atoms with Crippen LogP contribution in [-0.2, 0) is 20.1 Å². The zero-order valence-electron chi connectivity index (χ0n) is 11.0. The van der Waals surface area contributed by atoms with Crippen LogP contribution >= 0.6 is 11.6 Å². The first kappa shape index (κ1) is 13.8. The van der Waals surface area contributed by atoms with E-state index in [-0.39, 0.29) is 6.04 Å². The van der Waals surface area contributed by atoms with E-state index in [4.69, 9.17) is 22.1 Å². The minimum absolute atomic E-state index is 0.0251. The van der Waals surface area contributed by atoms with Gasteiger partial charge in [0.05, 0.1) is 0 Å². The molecule has 0 radical (unpaired) electrons. The fourth-order valence-corrected chi connectivity index (χ4v) is 2.03. The first-order valence-corrected chi connectivity index (χ1v) is 6.44. The summed E-state index contributed by atoms with van der Waals surface area (Å²) < 4.78 is 7.46. The van der Waals surface area contributed by atoms with E-state index in [1.165, 1.54) is 6.33 Å². The number of hydrogen-bond acceptors (Lipinski definition) is 4. The van der Waals surface area contributed by atoms with Gasteiger partial charge in [0.1, 0.15) is 18.7 Å². The average molecular weight is 281 g/mol. The lowest BCUT2D eigenvalue weighted by atomic mass is 10.1. The van der Waals surface area contributed by atoms with Crippen molar-refractivity contribution in [2.24, 2.45) is 12.8 Å². The molecular formula is C13H17ClN4O. The van der Waals surface area contributed by atoms with E-state index in [1.54, 1.807) is 4.68 Å². The number of nitrogens with zero attached hydrogens (tertiary/aromatic N) is 3. The Morgan fingerprint density at radius 3 is 2.89 bits per heavy atom. The molecule has 0 aliphatic rings. The van der Waals surface area contributed by atoms with E-state index in [0.717, 1.165) is 17.1 Å². The Hall–Kier alpha value is -1.59. The van der Waals surface area contributed by atoms with Crippen LogP contribution in [0.4, 0.5) is 0 Å². The van der Waals surface area contributed by atoms with Crippen LogP contribution < -0.4 is 10.5 Å². The molecule has 0 fully saturated rings. The number of hydrogen-bond donors (Lipinski definition) is 1. The van der Waals surface area contributed by atoms with Crippen LogP contribution in [0.25, 0.3) is 0 Å². The number of halogens is 1. The quantitative estimate of drug-likeness (QED) is 0.909. The highest BCUT2D eigenvalue weighted by Gasteiger charge is 2.11. The van der Waals surface area contributed by atoms with Gasteiger partial charge in [0.15, 0.2) is 5.82 Å². The maximum atomic E-state index is 6.20. The topological polar surface area (TPSA) is 66.0 Å². The summed E-state index contributed by atoms with van der Waals surface area (Å²) in [5.74, 6) is 1.50. The van der Waals surface area contributed by atoms with E-state index in [0.29, 0.717) is 18.1 Å². The lowest BCUT2D eigenvalue weighted by Gasteiger charge is -2.14. The van der Waals surface area contributed by atoms with E-state index < -0.39 is 0 Å². The molecule has 0 aliphatic carbocycles. The fourth-order valence-electron chi connectivity index (χ4n) is 1.79. The molecule has 102 valence electrons. The zero-order valence-corrected chi connectivity index (χ0v) is 11.8. The van der Waals surface area contributed by atoms with Crippen molar-refractivity contribution in [3.63, 3.8) is 0 Å². The summed E-state index contributed by atoms with van der Waals surface area (Å²) in [4.78, 5) is 4.11. The van der Waals surface area contributed by atoms with Crippen LogP contribution in [0.1, 0.15) is 18.3 Å². The molecule has 0 bridgehead atoms. The van der Waals surface area contributed by atoms with Crippen molar-refractivity contribution in [2.45, 2.75) is 26.0 Å². The average Bonchev–Trinajstić information content (AvgIpc) is 2.75. The van der Waals surface area contributed by atoms with Crippen molar-refractivity contribution in [3.8, 4) is 5.75 Å². The van der Waals surface area contributed by atoms with Crippen LogP contribution in [0.15, 0.2) is 24.5 Å². The van der Waals surface area contributed by atoms with Gasteiger partial charge in [0.25, 0.3) is 0 Å². The van der Waals surface area contributed by atoms with E-state index in [2.05, 4.69) is 10.1 Å². The van der Waals surface area contributed by atoms with Gasteiger partial charge in [0.2, 0.25) is 0 Å². The molecule has 0 spiro atoms. The van der Waals surface area contributed by atoms with Gasteiger partial charge >= 0.3 is 0 Å². The first-order chi connectivity index (χ1) is 9.08. The minimum Gasteiger partial charge on any atom is -0.485 e. The van der Waals surface area contributed by atoms with Gasteiger partial charge in [-0.3, -0.25) is 4.68 Å². The SMILES string of the molecule is CC(N)Cc1c(Cl)cccc1OCc1ncnn1C. The van der Waals surface area contributed by atoms with E-state index in [9.17, 15) is 0 Å². The highest BCUT2D eigenvalue weighted by atomic mass is 35.5. The summed E-state index contributed by atoms with van der Waals surface area (Å²) >= 11 is 6.20. The van der Waals surface area contributed by atoms with Crippen LogP contribution in [0.2, 0.25) is 5.02 Å². The monoisotopic (exact) mass is 280 g/mol. The Morgan fingerprint density at radius 1 is 1.47 bits per heavy atom. The summed E-state index contributed by atoms with van der Waals surface area (Å²) in [5, 5.41) is 4.67. The van der Waals surface area contributed by atoms with Crippen molar-refractivity contribution < 1.29 is 4.74 Å². The molecule has 1 unspecified atom stereocenters. The summed E-state index contributed by atoms with van der Waals surface area (Å²) in [6.07, 6.45) is 2.17. The molecule has 2 aromatic rings. The normalized spacial score (nSPS) is 12.4. The standard InChI is InChI=1S/C13H17ClN4O/c1-9(15)6-10-11(14)4-3-5-12(10)19-7-13-16-8-17-18(13)2/h3-5,8-9H,6-7,15H2,1-2H3. The van der Waals surface area contributed by atoms with Crippen molar-refractivity contribution in [1.29, 1.82) is 0 Å². The fraction of sp³-hybridized carbons (Fsp3) is 0.385. The zero-order chi connectivity index (χ0) is 13.8. The van der Waals surface area contributed by atoms with Crippen LogP contribution in [-0.4, -0.2) is 20.8 Å². The molecule has 1 aromatic heterocycles. The molecule has 5 nitrogen and oxygen atoms in total. The molecule has 19 heavy (non-hydrogen) atoms. The Kier molecular flexibility index (Phi) is 4.39. The molecule has 0 amide bonds. The van der Waals surface area contributed by atoms with Gasteiger partial charge in [-0.15, -0.1) is 0 Å². The molecular weight excluding hydrogens is 264 g/mol. The second-order valence-corrected chi connectivity index (χ2v) is 4.89. The minimum atomic E-state index is 0.0251. The summed E-state index contributed by atoms with van der Waals surface area (Å²) in [7, 11) is 1.83. The highest BCUT2D eigenvalue weighted by molar-refractivity contribution is 6.31. The van der Waals surface area contributed by atoms with Crippen molar-refractivity contribution >= 4 is 11.6 Å². The lowest BCUT2D eigenvalue weighted by Crippen LogP contribution is -2.18. The summed E-state index contributed by atoms with van der Waals surface area (Å²) in [6.45, 7) is 2.29. The van der Waals surface area contributed by atoms with Crippen molar-refractivity contribution in [2.75, 3.05) is 0 Å². The first-order valence-electron chi connectivity index (χ1n) is 6.06. The predicted molar refractivity (Wildman–Crippen MR) is 74.1 cm³/mol. The number of aryl methyl sites for hydroxylation is 1. The van der Waals surface area contributed by atoms with Gasteiger partial charge in [-0.1, -0.05) is 17.7 Å². The van der Waals surface area contributed by atoms with Crippen LogP contribution in [0.5, 0.6) is 5.75 Å². The van der Waals surface area contributed by atoms with Gasteiger partial charge in [-0.2, -0.15) is 5.10 Å². The molecule has 1 atom stereocenters. The second kappa shape index (κ2) is 6.04. The largest absolute Gasteiger partial charge is 0.485 e.